The molecule has 2 aromatic carbocycles. The summed E-state index contributed by atoms with van der Waals surface area (Å²) in [6.45, 7) is 1.81. The Kier molecular flexibility index (Phi) is 5.35. The second-order valence-electron chi connectivity index (χ2n) is 6.59. The molecule has 0 atom stereocenters. The van der Waals surface area contributed by atoms with Gasteiger partial charge in [0.15, 0.2) is 0 Å². The van der Waals surface area contributed by atoms with Crippen LogP contribution in [-0.4, -0.2) is 30.3 Å². The molecule has 1 amide bonds. The highest BCUT2D eigenvalue weighted by Crippen LogP contribution is 2.20. The van der Waals surface area contributed by atoms with Gasteiger partial charge in [0.25, 0.3) is 11.6 Å². The van der Waals surface area contributed by atoms with Gasteiger partial charge < -0.3 is 10.6 Å². The third kappa shape index (κ3) is 4.70. The van der Waals surface area contributed by atoms with Crippen LogP contribution >= 0.6 is 0 Å². The van der Waals surface area contributed by atoms with Crippen LogP contribution in [0.3, 0.4) is 0 Å². The molecule has 10 nitrogen and oxygen atoms in total. The molecule has 0 bridgehead atoms. The van der Waals surface area contributed by atoms with Gasteiger partial charge in [-0.25, -0.2) is 15.0 Å². The minimum Gasteiger partial charge on any atom is -0.340 e. The first-order valence-electron chi connectivity index (χ1n) is 9.25. The lowest BCUT2D eigenvalue weighted by Crippen LogP contribution is -2.11. The van der Waals surface area contributed by atoms with E-state index < -0.39 is 4.92 Å². The standard InChI is InChI=1S/C21H17N7O3/c1-14-23-19(12-20(24-14)27-11-10-22-13-27)25-16-4-6-17(7-5-16)26-21(29)15-2-8-18(9-3-15)28(30)31/h2-13H,1H3,(H,26,29)(H,23,24,25). The van der Waals surface area contributed by atoms with Crippen LogP contribution < -0.4 is 10.6 Å². The Balaban J connectivity index is 1.44. The molecule has 2 aromatic heterocycles. The molecule has 31 heavy (non-hydrogen) atoms. The summed E-state index contributed by atoms with van der Waals surface area (Å²) in [5.74, 6) is 1.58. The molecule has 2 N–H and O–H groups in total. The number of anilines is 3. The molecule has 0 saturated heterocycles. The number of amides is 1. The van der Waals surface area contributed by atoms with E-state index in [9.17, 15) is 14.9 Å². The molecule has 10 heteroatoms. The molecule has 154 valence electrons. The number of nitrogens with one attached hydrogen (secondary N) is 2. The number of hydrogen-bond donors (Lipinski definition) is 2. The zero-order chi connectivity index (χ0) is 21.8. The number of nitro groups is 1. The second-order valence-corrected chi connectivity index (χ2v) is 6.59. The Morgan fingerprint density at radius 2 is 1.74 bits per heavy atom. The summed E-state index contributed by atoms with van der Waals surface area (Å²) < 4.78 is 1.79. The van der Waals surface area contributed by atoms with Crippen molar-refractivity contribution in [1.29, 1.82) is 0 Å². The maximum absolute atomic E-state index is 12.3. The van der Waals surface area contributed by atoms with E-state index in [1.807, 2.05) is 6.92 Å². The fraction of sp³-hybridized carbons (Fsp3) is 0.0476. The van der Waals surface area contributed by atoms with Crippen molar-refractivity contribution in [3.8, 4) is 5.82 Å². The number of carbonyl (C=O) groups is 1. The van der Waals surface area contributed by atoms with Crippen LogP contribution in [0.15, 0.2) is 73.3 Å². The quantitative estimate of drug-likeness (QED) is 0.361. The molecule has 0 saturated carbocycles. The van der Waals surface area contributed by atoms with Crippen LogP contribution in [0, 0.1) is 17.0 Å². The smallest absolute Gasteiger partial charge is 0.269 e. The normalized spacial score (nSPS) is 10.5. The van der Waals surface area contributed by atoms with Crippen LogP contribution in [0.5, 0.6) is 0 Å². The number of rotatable bonds is 6. The summed E-state index contributed by atoms with van der Waals surface area (Å²) in [5, 5.41) is 16.7. The Labute approximate surface area is 176 Å². The second kappa shape index (κ2) is 8.41. The Bertz CT molecular complexity index is 1220. The topological polar surface area (TPSA) is 128 Å². The zero-order valence-corrected chi connectivity index (χ0v) is 16.4. The highest BCUT2D eigenvalue weighted by Gasteiger charge is 2.10. The van der Waals surface area contributed by atoms with E-state index in [-0.39, 0.29) is 11.6 Å². The number of benzene rings is 2. The minimum atomic E-state index is -0.509. The highest BCUT2D eigenvalue weighted by atomic mass is 16.6. The lowest BCUT2D eigenvalue weighted by Gasteiger charge is -2.10. The molecule has 0 aliphatic rings. The molecule has 0 aliphatic heterocycles. The monoisotopic (exact) mass is 415 g/mol. The van der Waals surface area contributed by atoms with Crippen molar-refractivity contribution < 1.29 is 9.72 Å². The SMILES string of the molecule is Cc1nc(Nc2ccc(NC(=O)c3ccc([N+](=O)[O-])cc3)cc2)cc(-n2ccnc2)n1. The fourth-order valence-corrected chi connectivity index (χ4v) is 2.87. The van der Waals surface area contributed by atoms with Crippen molar-refractivity contribution in [2.45, 2.75) is 6.92 Å². The van der Waals surface area contributed by atoms with Gasteiger partial charge in [0.05, 0.1) is 4.92 Å². The van der Waals surface area contributed by atoms with E-state index in [1.54, 1.807) is 53.6 Å². The van der Waals surface area contributed by atoms with Gasteiger partial charge in [0.2, 0.25) is 0 Å². The largest absolute Gasteiger partial charge is 0.340 e. The summed E-state index contributed by atoms with van der Waals surface area (Å²) in [5.41, 5.74) is 1.63. The molecule has 2 heterocycles. The third-order valence-corrected chi connectivity index (χ3v) is 4.35. The first-order valence-corrected chi connectivity index (χ1v) is 9.25. The van der Waals surface area contributed by atoms with Gasteiger partial charge in [-0.2, -0.15) is 0 Å². The van der Waals surface area contributed by atoms with E-state index in [0.29, 0.717) is 28.7 Å². The average molecular weight is 415 g/mol. The van der Waals surface area contributed by atoms with Gasteiger partial charge in [-0.15, -0.1) is 0 Å². The fourth-order valence-electron chi connectivity index (χ4n) is 2.87. The molecule has 4 rings (SSSR count). The van der Waals surface area contributed by atoms with Crippen molar-refractivity contribution in [3.63, 3.8) is 0 Å². The molecule has 0 unspecified atom stereocenters. The number of aryl methyl sites for hydroxylation is 1. The number of nitro benzene ring substituents is 1. The number of imidazole rings is 1. The van der Waals surface area contributed by atoms with Gasteiger partial charge in [0, 0.05) is 47.5 Å². The van der Waals surface area contributed by atoms with Gasteiger partial charge in [-0.3, -0.25) is 19.5 Å². The lowest BCUT2D eigenvalue weighted by atomic mass is 10.2. The first kappa shape index (κ1) is 19.7. The Morgan fingerprint density at radius 1 is 1.03 bits per heavy atom. The van der Waals surface area contributed by atoms with Gasteiger partial charge in [-0.1, -0.05) is 0 Å². The zero-order valence-electron chi connectivity index (χ0n) is 16.4. The first-order chi connectivity index (χ1) is 15.0. The van der Waals surface area contributed by atoms with E-state index in [0.717, 1.165) is 5.69 Å². The van der Waals surface area contributed by atoms with Gasteiger partial charge in [0.1, 0.15) is 23.8 Å². The van der Waals surface area contributed by atoms with E-state index in [4.69, 9.17) is 0 Å². The molecule has 4 aromatic rings. The van der Waals surface area contributed by atoms with Gasteiger partial charge in [-0.05, 0) is 43.3 Å². The lowest BCUT2D eigenvalue weighted by molar-refractivity contribution is -0.384. The maximum atomic E-state index is 12.3. The predicted octanol–water partition coefficient (Wildman–Crippen LogP) is 3.87. The molecular formula is C21H17N7O3. The van der Waals surface area contributed by atoms with Crippen LogP contribution in [-0.2, 0) is 0 Å². The average Bonchev–Trinajstić information content (AvgIpc) is 3.30. The molecule has 0 radical (unpaired) electrons. The molecule has 0 spiro atoms. The van der Waals surface area contributed by atoms with E-state index in [1.165, 1.54) is 24.3 Å². The highest BCUT2D eigenvalue weighted by molar-refractivity contribution is 6.04. The van der Waals surface area contributed by atoms with Crippen LogP contribution in [0.1, 0.15) is 16.2 Å². The maximum Gasteiger partial charge on any atom is 0.269 e. The van der Waals surface area contributed by atoms with Crippen LogP contribution in [0.25, 0.3) is 5.82 Å². The van der Waals surface area contributed by atoms with Crippen molar-refractivity contribution in [3.05, 3.63) is 94.8 Å². The van der Waals surface area contributed by atoms with Crippen LogP contribution in [0.4, 0.5) is 22.9 Å². The molecule has 0 fully saturated rings. The van der Waals surface area contributed by atoms with Crippen LogP contribution in [0.2, 0.25) is 0 Å². The Hall–Kier alpha value is -4.60. The summed E-state index contributed by atoms with van der Waals surface area (Å²) in [7, 11) is 0. The number of aromatic nitrogens is 4. The summed E-state index contributed by atoms with van der Waals surface area (Å²) in [6.07, 6.45) is 5.14. The van der Waals surface area contributed by atoms with E-state index in [2.05, 4.69) is 25.6 Å². The van der Waals surface area contributed by atoms with Gasteiger partial charge >= 0.3 is 0 Å². The van der Waals surface area contributed by atoms with E-state index >= 15 is 0 Å². The van der Waals surface area contributed by atoms with Crippen molar-refractivity contribution in [2.75, 3.05) is 10.6 Å². The number of hydrogen-bond acceptors (Lipinski definition) is 7. The molecular weight excluding hydrogens is 398 g/mol. The van der Waals surface area contributed by atoms with Crippen molar-refractivity contribution in [2.24, 2.45) is 0 Å². The molecule has 0 aliphatic carbocycles. The summed E-state index contributed by atoms with van der Waals surface area (Å²) in [6, 6.07) is 14.3. The summed E-state index contributed by atoms with van der Waals surface area (Å²) in [4.78, 5) is 35.4. The van der Waals surface area contributed by atoms with Crippen molar-refractivity contribution in [1.82, 2.24) is 19.5 Å². The predicted molar refractivity (Wildman–Crippen MR) is 115 cm³/mol. The number of carbonyl (C=O) groups excluding carboxylic acids is 1. The number of non-ortho nitro benzene ring substituents is 1. The number of nitrogens with zero attached hydrogens (tertiary/aromatic N) is 5. The third-order valence-electron chi connectivity index (χ3n) is 4.35. The Morgan fingerprint density at radius 3 is 2.39 bits per heavy atom. The van der Waals surface area contributed by atoms with Crippen molar-refractivity contribution >= 4 is 28.8 Å². The summed E-state index contributed by atoms with van der Waals surface area (Å²) >= 11 is 0. The minimum absolute atomic E-state index is 0.0665.